The molecule has 3 N–H and O–H groups in total. The van der Waals surface area contributed by atoms with Crippen molar-refractivity contribution in [3.63, 3.8) is 0 Å². The first-order valence-corrected chi connectivity index (χ1v) is 8.60. The van der Waals surface area contributed by atoms with Gasteiger partial charge < -0.3 is 30.2 Å². The summed E-state index contributed by atoms with van der Waals surface area (Å²) in [6.07, 6.45) is 0. The van der Waals surface area contributed by atoms with Crippen LogP contribution in [0.5, 0.6) is 0 Å². The number of hydrogen-bond donors (Lipinski definition) is 3. The Balaban J connectivity index is 3.04. The van der Waals surface area contributed by atoms with Gasteiger partial charge in [-0.2, -0.15) is 0 Å². The van der Waals surface area contributed by atoms with Crippen molar-refractivity contribution >= 4 is 5.91 Å². The maximum Gasteiger partial charge on any atom is 0.222 e. The van der Waals surface area contributed by atoms with Crippen LogP contribution in [0, 0.1) is 5.92 Å². The number of nitrogens with one attached hydrogen (secondary N) is 3. The molecule has 0 aromatic heterocycles. The van der Waals surface area contributed by atoms with E-state index in [2.05, 4.69) is 22.9 Å². The summed E-state index contributed by atoms with van der Waals surface area (Å²) in [5, 5.41) is 9.24. The van der Waals surface area contributed by atoms with Crippen molar-refractivity contribution in [2.75, 3.05) is 72.4 Å². The molecule has 0 bridgehead atoms. The molecular weight excluding hydrogens is 298 g/mol. The van der Waals surface area contributed by atoms with Crippen molar-refractivity contribution in [3.05, 3.63) is 0 Å². The van der Waals surface area contributed by atoms with Crippen molar-refractivity contribution in [3.8, 4) is 0 Å². The molecule has 0 atom stereocenters. The van der Waals surface area contributed by atoms with E-state index in [1.165, 1.54) is 0 Å². The fourth-order valence-corrected chi connectivity index (χ4v) is 1.61. The van der Waals surface area contributed by atoms with Crippen LogP contribution in [-0.4, -0.2) is 78.3 Å². The summed E-state index contributed by atoms with van der Waals surface area (Å²) in [5.41, 5.74) is 0. The van der Waals surface area contributed by atoms with E-state index in [1.807, 2.05) is 13.8 Å². The number of rotatable bonds is 17. The lowest BCUT2D eigenvalue weighted by Crippen LogP contribution is -2.31. The third-order valence-electron chi connectivity index (χ3n) is 2.96. The molecule has 0 heterocycles. The summed E-state index contributed by atoms with van der Waals surface area (Å²) in [5.74, 6) is 0.0875. The first-order valence-electron chi connectivity index (χ1n) is 8.60. The lowest BCUT2D eigenvalue weighted by atomic mass is 10.2. The minimum atomic E-state index is 0.0232. The van der Waals surface area contributed by atoms with Crippen LogP contribution in [-0.2, 0) is 19.0 Å². The Kier molecular flexibility index (Phi) is 17.1. The Hall–Kier alpha value is -0.730. The van der Waals surface area contributed by atoms with E-state index in [4.69, 9.17) is 14.2 Å². The van der Waals surface area contributed by atoms with E-state index in [9.17, 15) is 4.79 Å². The van der Waals surface area contributed by atoms with Crippen molar-refractivity contribution in [1.82, 2.24) is 16.0 Å². The molecule has 0 fully saturated rings. The van der Waals surface area contributed by atoms with Gasteiger partial charge in [-0.15, -0.1) is 0 Å². The fraction of sp³-hybridized carbons (Fsp3) is 0.938. The average Bonchev–Trinajstić information content (AvgIpc) is 2.54. The number of carbonyl (C=O) groups excluding carboxylic acids is 1. The van der Waals surface area contributed by atoms with Crippen LogP contribution in [0.2, 0.25) is 0 Å². The first kappa shape index (κ1) is 22.3. The Bertz CT molecular complexity index is 266. The zero-order chi connectivity index (χ0) is 17.2. The predicted octanol–water partition coefficient (Wildman–Crippen LogP) is 0.00750. The molecule has 0 aliphatic rings. The number of carbonyl (C=O) groups is 1. The molecule has 0 radical (unpaired) electrons. The highest BCUT2D eigenvalue weighted by Crippen LogP contribution is 1.89. The molecule has 0 saturated carbocycles. The molecule has 23 heavy (non-hydrogen) atoms. The Morgan fingerprint density at radius 3 is 1.78 bits per heavy atom. The molecule has 0 unspecified atom stereocenters. The third kappa shape index (κ3) is 17.5. The first-order chi connectivity index (χ1) is 11.2. The quantitative estimate of drug-likeness (QED) is 0.325. The highest BCUT2D eigenvalue weighted by molar-refractivity contribution is 5.77. The van der Waals surface area contributed by atoms with E-state index < -0.39 is 0 Å². The van der Waals surface area contributed by atoms with Gasteiger partial charge in [-0.05, 0) is 6.54 Å². The second kappa shape index (κ2) is 17.6. The number of amides is 1. The summed E-state index contributed by atoms with van der Waals surface area (Å²) >= 11 is 0. The number of hydrogen-bond acceptors (Lipinski definition) is 6. The predicted molar refractivity (Wildman–Crippen MR) is 91.7 cm³/mol. The zero-order valence-corrected chi connectivity index (χ0v) is 15.0. The molecule has 7 heteroatoms. The van der Waals surface area contributed by atoms with Crippen LogP contribution >= 0.6 is 0 Å². The molecular formula is C16H35N3O4. The van der Waals surface area contributed by atoms with Gasteiger partial charge in [0.1, 0.15) is 0 Å². The third-order valence-corrected chi connectivity index (χ3v) is 2.96. The molecule has 0 rings (SSSR count). The second-order valence-corrected chi connectivity index (χ2v) is 5.39. The van der Waals surface area contributed by atoms with E-state index in [0.29, 0.717) is 39.6 Å². The van der Waals surface area contributed by atoms with Crippen LogP contribution in [0.4, 0.5) is 0 Å². The van der Waals surface area contributed by atoms with Gasteiger partial charge in [0.25, 0.3) is 0 Å². The SMILES string of the molecule is CCNCCOCCOCCNCCOCCNC(=O)C(C)C. The van der Waals surface area contributed by atoms with Crippen LogP contribution in [0.15, 0.2) is 0 Å². The Morgan fingerprint density at radius 1 is 0.783 bits per heavy atom. The summed E-state index contributed by atoms with van der Waals surface area (Å²) in [4.78, 5) is 11.3. The molecule has 0 aromatic carbocycles. The summed E-state index contributed by atoms with van der Waals surface area (Å²) < 4.78 is 16.2. The molecule has 1 amide bonds. The van der Waals surface area contributed by atoms with Gasteiger partial charge in [-0.1, -0.05) is 20.8 Å². The maximum atomic E-state index is 11.3. The van der Waals surface area contributed by atoms with Crippen LogP contribution in [0.3, 0.4) is 0 Å². The van der Waals surface area contributed by atoms with Crippen molar-refractivity contribution in [2.24, 2.45) is 5.92 Å². The van der Waals surface area contributed by atoms with Crippen molar-refractivity contribution in [1.29, 1.82) is 0 Å². The molecule has 0 spiro atoms. The summed E-state index contributed by atoms with van der Waals surface area (Å²) in [6, 6.07) is 0. The van der Waals surface area contributed by atoms with E-state index in [1.54, 1.807) is 0 Å². The highest BCUT2D eigenvalue weighted by atomic mass is 16.5. The van der Waals surface area contributed by atoms with Gasteiger partial charge in [0.15, 0.2) is 0 Å². The zero-order valence-electron chi connectivity index (χ0n) is 15.0. The lowest BCUT2D eigenvalue weighted by molar-refractivity contribution is -0.124. The molecule has 0 aliphatic carbocycles. The van der Waals surface area contributed by atoms with Gasteiger partial charge in [-0.25, -0.2) is 0 Å². The van der Waals surface area contributed by atoms with Crippen molar-refractivity contribution in [2.45, 2.75) is 20.8 Å². The molecule has 0 saturated heterocycles. The second-order valence-electron chi connectivity index (χ2n) is 5.39. The average molecular weight is 333 g/mol. The van der Waals surface area contributed by atoms with Gasteiger partial charge in [0.05, 0.1) is 39.6 Å². The van der Waals surface area contributed by atoms with E-state index >= 15 is 0 Å². The van der Waals surface area contributed by atoms with Crippen molar-refractivity contribution < 1.29 is 19.0 Å². The highest BCUT2D eigenvalue weighted by Gasteiger charge is 2.04. The number of likely N-dealkylation sites (N-methyl/N-ethyl adjacent to an activating group) is 1. The molecule has 7 nitrogen and oxygen atoms in total. The minimum absolute atomic E-state index is 0.0232. The van der Waals surface area contributed by atoms with Crippen LogP contribution < -0.4 is 16.0 Å². The van der Waals surface area contributed by atoms with Gasteiger partial charge in [0, 0.05) is 32.1 Å². The topological polar surface area (TPSA) is 80.8 Å². The monoisotopic (exact) mass is 333 g/mol. The Labute approximate surface area is 140 Å². The van der Waals surface area contributed by atoms with Gasteiger partial charge in [-0.3, -0.25) is 4.79 Å². The van der Waals surface area contributed by atoms with Gasteiger partial charge >= 0.3 is 0 Å². The summed E-state index contributed by atoms with van der Waals surface area (Å²) in [7, 11) is 0. The number of ether oxygens (including phenoxy) is 3. The van der Waals surface area contributed by atoms with E-state index in [-0.39, 0.29) is 11.8 Å². The molecule has 0 aromatic rings. The smallest absolute Gasteiger partial charge is 0.222 e. The standard InChI is InChI=1S/C16H35N3O4/c1-4-17-5-9-22-13-14-23-11-7-18-6-10-21-12-8-19-16(20)15(2)3/h15,17-18H,4-14H2,1-3H3,(H,19,20). The van der Waals surface area contributed by atoms with Crippen LogP contribution in [0.25, 0.3) is 0 Å². The molecule has 138 valence electrons. The fourth-order valence-electron chi connectivity index (χ4n) is 1.61. The van der Waals surface area contributed by atoms with Gasteiger partial charge in [0.2, 0.25) is 5.91 Å². The minimum Gasteiger partial charge on any atom is -0.378 e. The molecule has 0 aliphatic heterocycles. The van der Waals surface area contributed by atoms with Crippen LogP contribution in [0.1, 0.15) is 20.8 Å². The Morgan fingerprint density at radius 2 is 1.26 bits per heavy atom. The lowest BCUT2D eigenvalue weighted by Gasteiger charge is -2.09. The normalized spacial score (nSPS) is 11.1. The van der Waals surface area contributed by atoms with E-state index in [0.717, 1.165) is 32.8 Å². The largest absolute Gasteiger partial charge is 0.378 e. The maximum absolute atomic E-state index is 11.3. The summed E-state index contributed by atoms with van der Waals surface area (Å²) in [6.45, 7) is 13.6.